The molecule has 0 aromatic heterocycles. The summed E-state index contributed by atoms with van der Waals surface area (Å²) >= 11 is 0. The molecule has 0 amide bonds. The fraction of sp³-hybridized carbons (Fsp3) is 0.188. The van der Waals surface area contributed by atoms with Gasteiger partial charge in [0.1, 0.15) is 6.04 Å². The molecule has 2 aromatic carbocycles. The number of rotatable bonds is 4. The second-order valence-electron chi connectivity index (χ2n) is 4.34. The zero-order valence-corrected chi connectivity index (χ0v) is 10.4. The smallest absolute Gasteiger partial charge is 0.121 e. The van der Waals surface area contributed by atoms with E-state index >= 15 is 0 Å². The van der Waals surface area contributed by atoms with Gasteiger partial charge in [0.2, 0.25) is 0 Å². The number of nitriles is 1. The summed E-state index contributed by atoms with van der Waals surface area (Å²) in [6.45, 7) is 2.77. The summed E-state index contributed by atoms with van der Waals surface area (Å²) in [6, 6.07) is 20.2. The summed E-state index contributed by atoms with van der Waals surface area (Å²) in [5, 5.41) is 12.4. The molecule has 2 aromatic rings. The van der Waals surface area contributed by atoms with Gasteiger partial charge in [0.15, 0.2) is 0 Å². The molecule has 2 nitrogen and oxygen atoms in total. The van der Waals surface area contributed by atoms with Crippen LogP contribution >= 0.6 is 0 Å². The molecule has 0 saturated heterocycles. The molecule has 0 aliphatic carbocycles. The van der Waals surface area contributed by atoms with Crippen molar-refractivity contribution in [1.82, 2.24) is 5.32 Å². The Balaban J connectivity index is 2.00. The fourth-order valence-corrected chi connectivity index (χ4v) is 1.81. The van der Waals surface area contributed by atoms with Crippen molar-refractivity contribution in [3.05, 3.63) is 71.3 Å². The maximum absolute atomic E-state index is 9.19. The van der Waals surface area contributed by atoms with Crippen LogP contribution in [0.1, 0.15) is 22.7 Å². The van der Waals surface area contributed by atoms with Gasteiger partial charge in [-0.25, -0.2) is 0 Å². The molecule has 90 valence electrons. The lowest BCUT2D eigenvalue weighted by molar-refractivity contribution is 0.630. The Kier molecular flexibility index (Phi) is 4.11. The number of aryl methyl sites for hydroxylation is 1. The maximum atomic E-state index is 9.19. The Hall–Kier alpha value is -2.11. The van der Waals surface area contributed by atoms with Gasteiger partial charge in [-0.15, -0.1) is 0 Å². The van der Waals surface area contributed by atoms with E-state index in [4.69, 9.17) is 0 Å². The van der Waals surface area contributed by atoms with Crippen LogP contribution in [0.25, 0.3) is 0 Å². The second-order valence-corrected chi connectivity index (χ2v) is 4.34. The summed E-state index contributed by atoms with van der Waals surface area (Å²) in [7, 11) is 0. The third-order valence-corrected chi connectivity index (χ3v) is 2.89. The predicted molar refractivity (Wildman–Crippen MR) is 72.8 cm³/mol. The highest BCUT2D eigenvalue weighted by atomic mass is 14.9. The first-order valence-corrected chi connectivity index (χ1v) is 6.03. The van der Waals surface area contributed by atoms with E-state index < -0.39 is 0 Å². The molecule has 2 heteroatoms. The van der Waals surface area contributed by atoms with Crippen LogP contribution in [0.4, 0.5) is 0 Å². The Morgan fingerprint density at radius 1 is 1.06 bits per heavy atom. The van der Waals surface area contributed by atoms with Crippen molar-refractivity contribution in [3.8, 4) is 6.07 Å². The first-order valence-electron chi connectivity index (χ1n) is 6.03. The van der Waals surface area contributed by atoms with Gasteiger partial charge in [-0.3, -0.25) is 5.32 Å². The Labute approximate surface area is 108 Å². The van der Waals surface area contributed by atoms with E-state index in [2.05, 4.69) is 42.6 Å². The number of hydrogen-bond acceptors (Lipinski definition) is 2. The van der Waals surface area contributed by atoms with Crippen molar-refractivity contribution >= 4 is 0 Å². The summed E-state index contributed by atoms with van der Waals surface area (Å²) < 4.78 is 0. The minimum absolute atomic E-state index is 0.257. The maximum Gasteiger partial charge on any atom is 0.121 e. The third-order valence-electron chi connectivity index (χ3n) is 2.89. The molecule has 0 aliphatic heterocycles. The Bertz CT molecular complexity index is 523. The first-order chi connectivity index (χ1) is 8.79. The zero-order valence-electron chi connectivity index (χ0n) is 10.4. The monoisotopic (exact) mass is 236 g/mol. The lowest BCUT2D eigenvalue weighted by Gasteiger charge is -2.11. The van der Waals surface area contributed by atoms with Crippen LogP contribution in [0.5, 0.6) is 0 Å². The number of nitrogens with zero attached hydrogens (tertiary/aromatic N) is 1. The highest BCUT2D eigenvalue weighted by Gasteiger charge is 2.08. The minimum atomic E-state index is -0.257. The van der Waals surface area contributed by atoms with Crippen LogP contribution in [0, 0.1) is 18.3 Å². The van der Waals surface area contributed by atoms with Crippen molar-refractivity contribution in [2.75, 3.05) is 0 Å². The molecule has 0 saturated carbocycles. The molecule has 0 radical (unpaired) electrons. The lowest BCUT2D eigenvalue weighted by Crippen LogP contribution is -2.19. The summed E-state index contributed by atoms with van der Waals surface area (Å²) in [5.74, 6) is 0. The van der Waals surface area contributed by atoms with Crippen LogP contribution < -0.4 is 5.32 Å². The van der Waals surface area contributed by atoms with Crippen LogP contribution in [0.15, 0.2) is 54.6 Å². The van der Waals surface area contributed by atoms with Gasteiger partial charge < -0.3 is 0 Å². The van der Waals surface area contributed by atoms with Crippen LogP contribution in [-0.2, 0) is 6.54 Å². The van der Waals surface area contributed by atoms with Gasteiger partial charge in [-0.05, 0) is 18.1 Å². The molecule has 0 fully saturated rings. The highest BCUT2D eigenvalue weighted by Crippen LogP contribution is 2.12. The molecule has 0 heterocycles. The summed E-state index contributed by atoms with van der Waals surface area (Å²) in [4.78, 5) is 0. The van der Waals surface area contributed by atoms with Crippen LogP contribution in [0.3, 0.4) is 0 Å². The third kappa shape index (κ3) is 3.19. The first kappa shape index (κ1) is 12.3. The lowest BCUT2D eigenvalue weighted by atomic mass is 10.1. The van der Waals surface area contributed by atoms with E-state index in [1.54, 1.807) is 0 Å². The van der Waals surface area contributed by atoms with E-state index in [0.717, 1.165) is 5.56 Å². The standard InChI is InChI=1S/C16H16N2/c1-13-7-9-14(10-8-13)12-18-16(11-17)15-5-3-2-4-6-15/h2-10,16,18H,12H2,1H3. The zero-order chi connectivity index (χ0) is 12.8. The van der Waals surface area contributed by atoms with Gasteiger partial charge in [0.25, 0.3) is 0 Å². The Morgan fingerprint density at radius 3 is 2.33 bits per heavy atom. The average molecular weight is 236 g/mol. The summed E-state index contributed by atoms with van der Waals surface area (Å²) in [5.41, 5.74) is 3.45. The van der Waals surface area contributed by atoms with E-state index in [9.17, 15) is 5.26 Å². The molecule has 0 bridgehead atoms. The fourth-order valence-electron chi connectivity index (χ4n) is 1.81. The van der Waals surface area contributed by atoms with Gasteiger partial charge in [-0.1, -0.05) is 60.2 Å². The van der Waals surface area contributed by atoms with E-state index in [0.29, 0.717) is 6.54 Å². The quantitative estimate of drug-likeness (QED) is 0.883. The molecular formula is C16H16N2. The van der Waals surface area contributed by atoms with Crippen molar-refractivity contribution in [2.24, 2.45) is 0 Å². The molecule has 1 unspecified atom stereocenters. The van der Waals surface area contributed by atoms with Crippen LogP contribution in [-0.4, -0.2) is 0 Å². The van der Waals surface area contributed by atoms with Gasteiger partial charge in [0.05, 0.1) is 6.07 Å². The van der Waals surface area contributed by atoms with Crippen LogP contribution in [0.2, 0.25) is 0 Å². The predicted octanol–water partition coefficient (Wildman–Crippen LogP) is 3.35. The number of benzene rings is 2. The largest absolute Gasteiger partial charge is 0.294 e. The average Bonchev–Trinajstić information content (AvgIpc) is 2.43. The topological polar surface area (TPSA) is 35.8 Å². The SMILES string of the molecule is Cc1ccc(CNC(C#N)c2ccccc2)cc1. The Morgan fingerprint density at radius 2 is 1.72 bits per heavy atom. The molecule has 18 heavy (non-hydrogen) atoms. The molecule has 2 rings (SSSR count). The number of hydrogen-bond donors (Lipinski definition) is 1. The van der Waals surface area contributed by atoms with E-state index in [1.807, 2.05) is 30.3 Å². The van der Waals surface area contributed by atoms with E-state index in [-0.39, 0.29) is 6.04 Å². The van der Waals surface area contributed by atoms with Crippen molar-refractivity contribution in [3.63, 3.8) is 0 Å². The highest BCUT2D eigenvalue weighted by molar-refractivity contribution is 5.25. The molecule has 1 N–H and O–H groups in total. The molecule has 1 atom stereocenters. The van der Waals surface area contributed by atoms with Gasteiger partial charge in [-0.2, -0.15) is 5.26 Å². The van der Waals surface area contributed by atoms with Crippen molar-refractivity contribution in [1.29, 1.82) is 5.26 Å². The normalized spacial score (nSPS) is 11.8. The van der Waals surface area contributed by atoms with Gasteiger partial charge in [0, 0.05) is 6.54 Å². The molecular weight excluding hydrogens is 220 g/mol. The van der Waals surface area contributed by atoms with E-state index in [1.165, 1.54) is 11.1 Å². The second kappa shape index (κ2) is 6.00. The molecule has 0 spiro atoms. The molecule has 0 aliphatic rings. The van der Waals surface area contributed by atoms with Crippen molar-refractivity contribution < 1.29 is 0 Å². The van der Waals surface area contributed by atoms with Crippen molar-refractivity contribution in [2.45, 2.75) is 19.5 Å². The minimum Gasteiger partial charge on any atom is -0.294 e. The summed E-state index contributed by atoms with van der Waals surface area (Å²) in [6.07, 6.45) is 0. The number of nitrogens with one attached hydrogen (secondary N) is 1. The van der Waals surface area contributed by atoms with Gasteiger partial charge >= 0.3 is 0 Å².